The molecule has 0 amide bonds. The van der Waals surface area contributed by atoms with E-state index in [1.807, 2.05) is 6.92 Å². The summed E-state index contributed by atoms with van der Waals surface area (Å²) in [6.45, 7) is 3.60. The van der Waals surface area contributed by atoms with Gasteiger partial charge in [-0.05, 0) is 37.2 Å². The zero-order valence-corrected chi connectivity index (χ0v) is 10.1. The zero-order valence-electron chi connectivity index (χ0n) is 8.49. The number of oxazole rings is 1. The fourth-order valence-corrected chi connectivity index (χ4v) is 1.95. The van der Waals surface area contributed by atoms with E-state index in [4.69, 9.17) is 16.0 Å². The maximum Gasteiger partial charge on any atom is 0.262 e. The average molecular weight is 260 g/mol. The Labute approximate surface area is 100 Å². The van der Waals surface area contributed by atoms with Gasteiger partial charge < -0.3 is 4.42 Å². The van der Waals surface area contributed by atoms with E-state index in [0.29, 0.717) is 11.0 Å². The van der Waals surface area contributed by atoms with Crippen LogP contribution in [-0.4, -0.2) is 15.0 Å². The van der Waals surface area contributed by atoms with Gasteiger partial charge in [-0.1, -0.05) is 0 Å². The standard InChI is InChI=1S/C9H7ClFN3OS/c1-4-5(2)15-9(13-4)16-7-6(11)3-12-8(10)14-7/h3H,1-2H3. The van der Waals surface area contributed by atoms with Crippen molar-refractivity contribution in [1.82, 2.24) is 15.0 Å². The summed E-state index contributed by atoms with van der Waals surface area (Å²) in [7, 11) is 0. The first-order chi connectivity index (χ1) is 7.56. The molecule has 0 aromatic carbocycles. The van der Waals surface area contributed by atoms with Crippen LogP contribution in [0.1, 0.15) is 11.5 Å². The molecule has 0 spiro atoms. The summed E-state index contributed by atoms with van der Waals surface area (Å²) < 4.78 is 18.6. The van der Waals surface area contributed by atoms with Gasteiger partial charge in [0.2, 0.25) is 5.28 Å². The van der Waals surface area contributed by atoms with Crippen LogP contribution in [0.25, 0.3) is 0 Å². The molecule has 0 unspecified atom stereocenters. The molecule has 0 atom stereocenters. The van der Waals surface area contributed by atoms with E-state index in [1.165, 1.54) is 0 Å². The summed E-state index contributed by atoms with van der Waals surface area (Å²) in [5.41, 5.74) is 0.767. The lowest BCUT2D eigenvalue weighted by molar-refractivity contribution is 0.430. The molecule has 0 bridgehead atoms. The summed E-state index contributed by atoms with van der Waals surface area (Å²) in [6.07, 6.45) is 1.01. The Kier molecular flexibility index (Phi) is 3.11. The molecule has 0 saturated carbocycles. The molecule has 2 heterocycles. The molecular formula is C9H7ClFN3OS. The van der Waals surface area contributed by atoms with Crippen LogP contribution in [0.3, 0.4) is 0 Å². The Hall–Kier alpha value is -1.14. The predicted molar refractivity (Wildman–Crippen MR) is 57.1 cm³/mol. The maximum absolute atomic E-state index is 13.3. The highest BCUT2D eigenvalue weighted by atomic mass is 35.5. The van der Waals surface area contributed by atoms with Gasteiger partial charge in [-0.25, -0.2) is 19.3 Å². The second-order valence-electron chi connectivity index (χ2n) is 3.02. The number of hydrogen-bond acceptors (Lipinski definition) is 5. The van der Waals surface area contributed by atoms with Gasteiger partial charge in [0.05, 0.1) is 11.9 Å². The van der Waals surface area contributed by atoms with E-state index in [0.717, 1.165) is 23.7 Å². The molecule has 2 rings (SSSR count). The summed E-state index contributed by atoms with van der Waals surface area (Å²) in [5.74, 6) is 0.144. The first kappa shape index (κ1) is 11.3. The lowest BCUT2D eigenvalue weighted by Crippen LogP contribution is -1.90. The number of halogens is 2. The van der Waals surface area contributed by atoms with Gasteiger partial charge in [0.25, 0.3) is 5.22 Å². The van der Waals surface area contributed by atoms with Crippen molar-refractivity contribution in [3.63, 3.8) is 0 Å². The molecule has 4 nitrogen and oxygen atoms in total. The molecule has 7 heteroatoms. The molecule has 0 radical (unpaired) electrons. The van der Waals surface area contributed by atoms with Crippen molar-refractivity contribution in [1.29, 1.82) is 0 Å². The molecule has 0 aliphatic rings. The van der Waals surface area contributed by atoms with E-state index in [-0.39, 0.29) is 10.3 Å². The first-order valence-electron chi connectivity index (χ1n) is 4.36. The predicted octanol–water partition coefficient (Wildman–Crippen LogP) is 3.03. The van der Waals surface area contributed by atoms with Gasteiger partial charge in [0.1, 0.15) is 10.8 Å². The van der Waals surface area contributed by atoms with Crippen molar-refractivity contribution >= 4 is 23.4 Å². The zero-order chi connectivity index (χ0) is 11.7. The molecule has 2 aromatic heterocycles. The Morgan fingerprint density at radius 2 is 2.12 bits per heavy atom. The minimum absolute atomic E-state index is 0.0103. The first-order valence-corrected chi connectivity index (χ1v) is 5.55. The van der Waals surface area contributed by atoms with Crippen LogP contribution >= 0.6 is 23.4 Å². The lowest BCUT2D eigenvalue weighted by Gasteiger charge is -1.97. The van der Waals surface area contributed by atoms with Gasteiger partial charge >= 0.3 is 0 Å². The Morgan fingerprint density at radius 1 is 1.38 bits per heavy atom. The third kappa shape index (κ3) is 2.33. The second kappa shape index (κ2) is 4.39. The van der Waals surface area contributed by atoms with E-state index >= 15 is 0 Å². The SMILES string of the molecule is Cc1nc(Sc2nc(Cl)ncc2F)oc1C. The van der Waals surface area contributed by atoms with Crippen LogP contribution in [0, 0.1) is 19.7 Å². The highest BCUT2D eigenvalue weighted by molar-refractivity contribution is 7.99. The summed E-state index contributed by atoms with van der Waals surface area (Å²) in [5, 5.41) is 0.425. The molecule has 2 aromatic rings. The monoisotopic (exact) mass is 259 g/mol. The molecule has 0 aliphatic carbocycles. The molecule has 0 N–H and O–H groups in total. The third-order valence-corrected chi connectivity index (χ3v) is 2.89. The Morgan fingerprint density at radius 3 is 2.75 bits per heavy atom. The molecule has 0 fully saturated rings. The van der Waals surface area contributed by atoms with Crippen molar-refractivity contribution in [2.45, 2.75) is 24.1 Å². The normalized spacial score (nSPS) is 10.8. The number of aryl methyl sites for hydroxylation is 2. The van der Waals surface area contributed by atoms with Crippen LogP contribution in [-0.2, 0) is 0 Å². The third-order valence-electron chi connectivity index (χ3n) is 1.88. The molecule has 0 saturated heterocycles. The van der Waals surface area contributed by atoms with Crippen molar-refractivity contribution in [2.75, 3.05) is 0 Å². The molecule has 84 valence electrons. The van der Waals surface area contributed by atoms with Crippen LogP contribution in [0.4, 0.5) is 4.39 Å². The van der Waals surface area contributed by atoms with Gasteiger partial charge in [-0.3, -0.25) is 0 Å². The van der Waals surface area contributed by atoms with Crippen LogP contribution < -0.4 is 0 Å². The number of aromatic nitrogens is 3. The van der Waals surface area contributed by atoms with E-state index in [1.54, 1.807) is 6.92 Å². The van der Waals surface area contributed by atoms with Crippen molar-refractivity contribution in [3.8, 4) is 0 Å². The number of rotatable bonds is 2. The van der Waals surface area contributed by atoms with Crippen LogP contribution in [0.15, 0.2) is 20.9 Å². The topological polar surface area (TPSA) is 51.8 Å². The highest BCUT2D eigenvalue weighted by Crippen LogP contribution is 2.28. The summed E-state index contributed by atoms with van der Waals surface area (Å²) in [6, 6.07) is 0. The molecular weight excluding hydrogens is 253 g/mol. The summed E-state index contributed by atoms with van der Waals surface area (Å²) in [4.78, 5) is 11.4. The van der Waals surface area contributed by atoms with Gasteiger partial charge in [0.15, 0.2) is 5.82 Å². The van der Waals surface area contributed by atoms with E-state index < -0.39 is 5.82 Å². The minimum Gasteiger partial charge on any atom is -0.436 e. The Balaban J connectivity index is 2.29. The van der Waals surface area contributed by atoms with Crippen LogP contribution in [0.2, 0.25) is 5.28 Å². The number of nitrogens with zero attached hydrogens (tertiary/aromatic N) is 3. The lowest BCUT2D eigenvalue weighted by atomic mass is 10.4. The molecule has 16 heavy (non-hydrogen) atoms. The largest absolute Gasteiger partial charge is 0.436 e. The minimum atomic E-state index is -0.553. The smallest absolute Gasteiger partial charge is 0.262 e. The highest BCUT2D eigenvalue weighted by Gasteiger charge is 2.13. The number of hydrogen-bond donors (Lipinski definition) is 0. The van der Waals surface area contributed by atoms with Crippen LogP contribution in [0.5, 0.6) is 0 Å². The van der Waals surface area contributed by atoms with Crippen molar-refractivity contribution < 1.29 is 8.81 Å². The van der Waals surface area contributed by atoms with Crippen molar-refractivity contribution in [2.24, 2.45) is 0 Å². The Bertz CT molecular complexity index is 512. The van der Waals surface area contributed by atoms with E-state index in [9.17, 15) is 4.39 Å². The van der Waals surface area contributed by atoms with E-state index in [2.05, 4.69) is 15.0 Å². The van der Waals surface area contributed by atoms with Crippen molar-refractivity contribution in [3.05, 3.63) is 28.8 Å². The fraction of sp³-hybridized carbons (Fsp3) is 0.222. The quantitative estimate of drug-likeness (QED) is 0.613. The maximum atomic E-state index is 13.3. The van der Waals surface area contributed by atoms with Gasteiger partial charge in [-0.2, -0.15) is 0 Å². The molecule has 0 aliphatic heterocycles. The fourth-order valence-electron chi connectivity index (χ4n) is 0.972. The second-order valence-corrected chi connectivity index (χ2v) is 4.29. The summed E-state index contributed by atoms with van der Waals surface area (Å²) >= 11 is 6.54. The van der Waals surface area contributed by atoms with Gasteiger partial charge in [-0.15, -0.1) is 0 Å². The van der Waals surface area contributed by atoms with Gasteiger partial charge in [0, 0.05) is 0 Å². The average Bonchev–Trinajstić information content (AvgIpc) is 2.52.